The third-order valence-corrected chi connectivity index (χ3v) is 4.67. The second kappa shape index (κ2) is 7.01. The molecule has 0 aromatic heterocycles. The van der Waals surface area contributed by atoms with Crippen LogP contribution in [0.3, 0.4) is 0 Å². The van der Waals surface area contributed by atoms with Crippen molar-refractivity contribution in [3.05, 3.63) is 35.7 Å². The first-order chi connectivity index (χ1) is 10.9. The Morgan fingerprint density at radius 3 is 2.83 bits per heavy atom. The average Bonchev–Trinajstić information content (AvgIpc) is 2.98. The highest BCUT2D eigenvalue weighted by molar-refractivity contribution is 7.89. The van der Waals surface area contributed by atoms with E-state index in [0.29, 0.717) is 0 Å². The summed E-state index contributed by atoms with van der Waals surface area (Å²) >= 11 is 0. The van der Waals surface area contributed by atoms with Crippen LogP contribution in [0.5, 0.6) is 5.75 Å². The maximum Gasteiger partial charge on any atom is 0.259 e. The number of nitrogens with zero attached hydrogens (tertiary/aromatic N) is 1. The maximum atomic E-state index is 12.4. The maximum absolute atomic E-state index is 12.4. The number of methoxy groups -OCH3 is 1. The van der Waals surface area contributed by atoms with Gasteiger partial charge in [-0.3, -0.25) is 4.79 Å². The lowest BCUT2D eigenvalue weighted by molar-refractivity contribution is 0.0966. The molecule has 0 spiro atoms. The Labute approximate surface area is 136 Å². The Bertz CT molecular complexity index is 728. The van der Waals surface area contributed by atoms with Crippen molar-refractivity contribution in [3.63, 3.8) is 0 Å². The van der Waals surface area contributed by atoms with Gasteiger partial charge in [-0.05, 0) is 38.0 Å². The van der Waals surface area contributed by atoms with Gasteiger partial charge in [0.25, 0.3) is 5.91 Å². The van der Waals surface area contributed by atoms with Crippen LogP contribution in [0.2, 0.25) is 0 Å². The number of carbonyl (C=O) groups excluding carboxylic acids is 1. The van der Waals surface area contributed by atoms with Crippen molar-refractivity contribution in [1.29, 1.82) is 0 Å². The highest BCUT2D eigenvalue weighted by atomic mass is 32.2. The van der Waals surface area contributed by atoms with E-state index < -0.39 is 15.9 Å². The molecule has 0 atom stereocenters. The highest BCUT2D eigenvalue weighted by Gasteiger charge is 2.18. The molecule has 1 amide bonds. The smallest absolute Gasteiger partial charge is 0.259 e. The molecule has 8 heteroatoms. The number of benzene rings is 1. The van der Waals surface area contributed by atoms with Crippen molar-refractivity contribution in [2.24, 2.45) is 5.14 Å². The lowest BCUT2D eigenvalue weighted by Crippen LogP contribution is -2.23. The van der Waals surface area contributed by atoms with E-state index in [1.165, 1.54) is 25.3 Å². The molecule has 3 N–H and O–H groups in total. The predicted molar refractivity (Wildman–Crippen MR) is 86.4 cm³/mol. The number of hydrogen-bond donors (Lipinski definition) is 2. The van der Waals surface area contributed by atoms with Gasteiger partial charge in [-0.25, -0.2) is 13.6 Å². The van der Waals surface area contributed by atoms with E-state index in [1.54, 1.807) is 6.20 Å². The first-order valence-corrected chi connectivity index (χ1v) is 8.87. The van der Waals surface area contributed by atoms with Crippen molar-refractivity contribution in [2.45, 2.75) is 24.7 Å². The largest absolute Gasteiger partial charge is 0.496 e. The van der Waals surface area contributed by atoms with Crippen molar-refractivity contribution in [2.75, 3.05) is 20.2 Å². The average molecular weight is 339 g/mol. The highest BCUT2D eigenvalue weighted by Crippen LogP contribution is 2.23. The molecule has 1 heterocycles. The summed E-state index contributed by atoms with van der Waals surface area (Å²) in [6.45, 7) is 3.91. The molecule has 23 heavy (non-hydrogen) atoms. The summed E-state index contributed by atoms with van der Waals surface area (Å²) in [5.74, 6) is -0.158. The summed E-state index contributed by atoms with van der Waals surface area (Å²) in [4.78, 5) is 14.4. The molecule has 1 aliphatic heterocycles. The van der Waals surface area contributed by atoms with Crippen LogP contribution in [0.1, 0.15) is 30.1 Å². The standard InChI is InChI=1S/C15H21N3O4S/c1-3-18-8-4-5-11(18)10-17-15(19)13-9-12(23(16,20)21)6-7-14(13)22-2/h6-7,9-10H,3-5,8H2,1-2H3,(H,17,19)(H2,16,20,21). The topological polar surface area (TPSA) is 102 Å². The number of amides is 1. The second-order valence-electron chi connectivity index (χ2n) is 5.20. The first kappa shape index (κ1) is 17.3. The number of primary sulfonamides is 1. The molecule has 1 fully saturated rings. The molecular weight excluding hydrogens is 318 g/mol. The Balaban J connectivity index is 2.26. The van der Waals surface area contributed by atoms with Crippen LogP contribution >= 0.6 is 0 Å². The molecule has 1 aromatic rings. The number of sulfonamides is 1. The zero-order chi connectivity index (χ0) is 17.0. The number of likely N-dealkylation sites (tertiary alicyclic amines) is 1. The SMILES string of the molecule is CCN1CCCC1=CNC(=O)c1cc(S(N)(=O)=O)ccc1OC. The van der Waals surface area contributed by atoms with Crippen LogP contribution in [-0.2, 0) is 10.0 Å². The van der Waals surface area contributed by atoms with Crippen LogP contribution in [0.15, 0.2) is 35.0 Å². The lowest BCUT2D eigenvalue weighted by Gasteiger charge is -2.17. The minimum Gasteiger partial charge on any atom is -0.496 e. The van der Waals surface area contributed by atoms with Crippen molar-refractivity contribution >= 4 is 15.9 Å². The fraction of sp³-hybridized carbons (Fsp3) is 0.400. The molecule has 2 rings (SSSR count). The predicted octanol–water partition coefficient (Wildman–Crippen LogP) is 1.03. The molecular formula is C15H21N3O4S. The molecule has 0 unspecified atom stereocenters. The van der Waals surface area contributed by atoms with E-state index in [0.717, 1.165) is 31.6 Å². The normalized spacial score (nSPS) is 16.7. The minimum absolute atomic E-state index is 0.122. The van der Waals surface area contributed by atoms with Crippen LogP contribution in [0.25, 0.3) is 0 Å². The van der Waals surface area contributed by atoms with Crippen molar-refractivity contribution in [1.82, 2.24) is 10.2 Å². The van der Waals surface area contributed by atoms with Gasteiger partial charge in [0, 0.05) is 25.0 Å². The number of nitrogens with one attached hydrogen (secondary N) is 1. The number of carbonyl (C=O) groups is 1. The first-order valence-electron chi connectivity index (χ1n) is 7.32. The van der Waals surface area contributed by atoms with Gasteiger partial charge < -0.3 is 15.0 Å². The zero-order valence-corrected chi connectivity index (χ0v) is 14.0. The Morgan fingerprint density at radius 2 is 2.22 bits per heavy atom. The molecule has 1 saturated heterocycles. The number of ether oxygens (including phenoxy) is 1. The van der Waals surface area contributed by atoms with Crippen LogP contribution in [0.4, 0.5) is 0 Å². The van der Waals surface area contributed by atoms with Crippen LogP contribution < -0.4 is 15.2 Å². The fourth-order valence-electron chi connectivity index (χ4n) is 2.55. The molecule has 7 nitrogen and oxygen atoms in total. The number of nitrogens with two attached hydrogens (primary N) is 1. The second-order valence-corrected chi connectivity index (χ2v) is 6.76. The molecule has 0 saturated carbocycles. The summed E-state index contributed by atoms with van der Waals surface area (Å²) in [6.07, 6.45) is 3.63. The monoisotopic (exact) mass is 339 g/mol. The van der Waals surface area contributed by atoms with Crippen molar-refractivity contribution < 1.29 is 17.9 Å². The van der Waals surface area contributed by atoms with E-state index in [9.17, 15) is 13.2 Å². The summed E-state index contributed by atoms with van der Waals surface area (Å²) in [6, 6.07) is 3.93. The summed E-state index contributed by atoms with van der Waals surface area (Å²) in [7, 11) is -2.47. The van der Waals surface area contributed by atoms with E-state index in [-0.39, 0.29) is 16.2 Å². The van der Waals surface area contributed by atoms with E-state index >= 15 is 0 Å². The van der Waals surface area contributed by atoms with E-state index in [2.05, 4.69) is 17.1 Å². The van der Waals surface area contributed by atoms with Gasteiger partial charge in [0.2, 0.25) is 10.0 Å². The summed E-state index contributed by atoms with van der Waals surface area (Å²) in [5.41, 5.74) is 1.18. The fourth-order valence-corrected chi connectivity index (χ4v) is 3.09. The number of allylic oxidation sites excluding steroid dienone is 1. The Hall–Kier alpha value is -2.06. The molecule has 1 aliphatic rings. The molecule has 126 valence electrons. The summed E-state index contributed by atoms with van der Waals surface area (Å²) < 4.78 is 28.0. The van der Waals surface area contributed by atoms with Crippen molar-refractivity contribution in [3.8, 4) is 5.75 Å². The Kier molecular flexibility index (Phi) is 5.27. The van der Waals surface area contributed by atoms with Gasteiger partial charge in [-0.2, -0.15) is 0 Å². The molecule has 0 bridgehead atoms. The third-order valence-electron chi connectivity index (χ3n) is 3.76. The number of rotatable bonds is 5. The quantitative estimate of drug-likeness (QED) is 0.834. The molecule has 0 radical (unpaired) electrons. The van der Waals surface area contributed by atoms with Gasteiger partial charge in [-0.15, -0.1) is 0 Å². The minimum atomic E-state index is -3.89. The van der Waals surface area contributed by atoms with E-state index in [4.69, 9.17) is 9.88 Å². The molecule has 1 aromatic carbocycles. The van der Waals surface area contributed by atoms with E-state index in [1.807, 2.05) is 0 Å². The molecule has 0 aliphatic carbocycles. The van der Waals surface area contributed by atoms with Gasteiger partial charge in [0.05, 0.1) is 17.6 Å². The van der Waals surface area contributed by atoms with Crippen LogP contribution in [0, 0.1) is 0 Å². The summed E-state index contributed by atoms with van der Waals surface area (Å²) in [5, 5.41) is 7.81. The third kappa shape index (κ3) is 4.02. The number of hydrogen-bond acceptors (Lipinski definition) is 5. The lowest BCUT2D eigenvalue weighted by atomic mass is 10.2. The van der Waals surface area contributed by atoms with Gasteiger partial charge in [0.1, 0.15) is 5.75 Å². The van der Waals surface area contributed by atoms with Gasteiger partial charge >= 0.3 is 0 Å². The zero-order valence-electron chi connectivity index (χ0n) is 13.2. The van der Waals surface area contributed by atoms with Gasteiger partial charge in [-0.1, -0.05) is 0 Å². The van der Waals surface area contributed by atoms with Crippen LogP contribution in [-0.4, -0.2) is 39.4 Å². The van der Waals surface area contributed by atoms with Gasteiger partial charge in [0.15, 0.2) is 0 Å². The Morgan fingerprint density at radius 1 is 1.48 bits per heavy atom.